The molecule has 0 saturated heterocycles. The van der Waals surface area contributed by atoms with Gasteiger partial charge in [-0.15, -0.1) is 0 Å². The largest absolute Gasteiger partial charge is 0.380 e. The van der Waals surface area contributed by atoms with E-state index in [9.17, 15) is 4.79 Å². The first-order chi connectivity index (χ1) is 8.99. The van der Waals surface area contributed by atoms with Gasteiger partial charge in [-0.3, -0.25) is 4.79 Å². The number of amides is 1. The summed E-state index contributed by atoms with van der Waals surface area (Å²) in [4.78, 5) is 15.8. The maximum absolute atomic E-state index is 11.8. The summed E-state index contributed by atoms with van der Waals surface area (Å²) in [5, 5.41) is 0. The highest BCUT2D eigenvalue weighted by atomic mass is 16.5. The Morgan fingerprint density at radius 2 is 1.79 bits per heavy atom. The Morgan fingerprint density at radius 3 is 2.37 bits per heavy atom. The molecule has 0 aliphatic heterocycles. The zero-order valence-corrected chi connectivity index (χ0v) is 13.4. The van der Waals surface area contributed by atoms with E-state index < -0.39 is 0 Å². The van der Waals surface area contributed by atoms with E-state index in [1.54, 1.807) is 0 Å². The summed E-state index contributed by atoms with van der Waals surface area (Å²) >= 11 is 0. The average molecular weight is 272 g/mol. The van der Waals surface area contributed by atoms with Gasteiger partial charge in [0, 0.05) is 26.2 Å². The van der Waals surface area contributed by atoms with Gasteiger partial charge in [0.1, 0.15) is 0 Å². The van der Waals surface area contributed by atoms with E-state index >= 15 is 0 Å². The lowest BCUT2D eigenvalue weighted by Crippen LogP contribution is -2.31. The van der Waals surface area contributed by atoms with Crippen molar-refractivity contribution in [3.63, 3.8) is 0 Å². The zero-order valence-electron chi connectivity index (χ0n) is 13.4. The first-order valence-corrected chi connectivity index (χ1v) is 7.51. The van der Waals surface area contributed by atoms with Gasteiger partial charge in [-0.2, -0.15) is 0 Å². The van der Waals surface area contributed by atoms with Crippen molar-refractivity contribution in [2.45, 2.75) is 52.5 Å². The Labute approximate surface area is 119 Å². The molecule has 4 heteroatoms. The fraction of sp³-hybridized carbons (Fsp3) is 0.933. The van der Waals surface area contributed by atoms with Crippen molar-refractivity contribution < 1.29 is 9.53 Å². The molecule has 4 nitrogen and oxygen atoms in total. The summed E-state index contributed by atoms with van der Waals surface area (Å²) < 4.78 is 5.51. The number of nitrogens with zero attached hydrogens (tertiary/aromatic N) is 2. The van der Waals surface area contributed by atoms with Crippen molar-refractivity contribution in [3.8, 4) is 0 Å². The van der Waals surface area contributed by atoms with Crippen LogP contribution in [0.25, 0.3) is 0 Å². The lowest BCUT2D eigenvalue weighted by Gasteiger charge is -2.21. The zero-order chi connectivity index (χ0) is 14.7. The fourth-order valence-corrected chi connectivity index (χ4v) is 1.64. The maximum atomic E-state index is 11.8. The molecule has 19 heavy (non-hydrogen) atoms. The van der Waals surface area contributed by atoms with Gasteiger partial charge in [0.2, 0.25) is 5.91 Å². The molecular weight excluding hydrogens is 240 g/mol. The molecule has 0 bridgehead atoms. The predicted octanol–water partition coefficient (Wildman–Crippen LogP) is 2.38. The minimum Gasteiger partial charge on any atom is -0.380 e. The smallest absolute Gasteiger partial charge is 0.224 e. The van der Waals surface area contributed by atoms with Gasteiger partial charge in [0.15, 0.2) is 0 Å². The van der Waals surface area contributed by atoms with Crippen LogP contribution in [0.1, 0.15) is 46.5 Å². The topological polar surface area (TPSA) is 32.8 Å². The summed E-state index contributed by atoms with van der Waals surface area (Å²) in [6.07, 6.45) is 3.97. The molecule has 0 fully saturated rings. The van der Waals surface area contributed by atoms with Gasteiger partial charge < -0.3 is 14.5 Å². The number of carbonyl (C=O) groups excluding carboxylic acids is 1. The highest BCUT2D eigenvalue weighted by molar-refractivity contribution is 5.75. The molecule has 114 valence electrons. The number of ether oxygens (including phenoxy) is 1. The molecule has 0 unspecified atom stereocenters. The first-order valence-electron chi connectivity index (χ1n) is 7.51. The number of rotatable bonds is 11. The van der Waals surface area contributed by atoms with Crippen molar-refractivity contribution in [2.24, 2.45) is 0 Å². The molecule has 0 aromatic heterocycles. The third kappa shape index (κ3) is 9.91. The molecule has 0 aliphatic rings. The van der Waals surface area contributed by atoms with Gasteiger partial charge in [-0.25, -0.2) is 0 Å². The summed E-state index contributed by atoms with van der Waals surface area (Å²) in [6, 6.07) is 0.537. The Hall–Kier alpha value is -0.610. The average Bonchev–Trinajstić information content (AvgIpc) is 2.37. The van der Waals surface area contributed by atoms with Crippen LogP contribution in [0.2, 0.25) is 0 Å². The summed E-state index contributed by atoms with van der Waals surface area (Å²) in [6.45, 7) is 9.50. The Bertz CT molecular complexity index is 232. The number of unbranched alkanes of at least 4 members (excludes halogenated alkanes) is 2. The van der Waals surface area contributed by atoms with Crippen LogP contribution in [-0.4, -0.2) is 62.1 Å². The number of likely N-dealkylation sites (N-methyl/N-ethyl adjacent to an activating group) is 1. The molecule has 0 N–H and O–H groups in total. The van der Waals surface area contributed by atoms with Gasteiger partial charge >= 0.3 is 0 Å². The number of hydrogen-bond donors (Lipinski definition) is 0. The second kappa shape index (κ2) is 11.2. The minimum atomic E-state index is 0.188. The van der Waals surface area contributed by atoms with E-state index in [1.807, 2.05) is 11.9 Å². The van der Waals surface area contributed by atoms with E-state index in [2.05, 4.69) is 32.7 Å². The van der Waals surface area contributed by atoms with Crippen LogP contribution < -0.4 is 0 Å². The Kier molecular flexibility index (Phi) is 10.9. The quantitative estimate of drug-likeness (QED) is 0.541. The van der Waals surface area contributed by atoms with Crippen LogP contribution in [0.3, 0.4) is 0 Å². The Balaban J connectivity index is 3.52. The molecular formula is C15H32N2O2. The molecule has 0 spiro atoms. The molecule has 0 aromatic carbocycles. The molecule has 0 aliphatic carbocycles. The SMILES string of the molecule is CCCCCN(C)C(=O)CCOCCN(C)C(C)C. The van der Waals surface area contributed by atoms with Crippen molar-refractivity contribution in [2.75, 3.05) is 40.4 Å². The molecule has 1 amide bonds. The molecule has 0 rings (SSSR count). The summed E-state index contributed by atoms with van der Waals surface area (Å²) in [5.41, 5.74) is 0. The van der Waals surface area contributed by atoms with Gasteiger partial charge in [0.05, 0.1) is 19.6 Å². The fourth-order valence-electron chi connectivity index (χ4n) is 1.64. The molecule has 0 saturated carbocycles. The monoisotopic (exact) mass is 272 g/mol. The van der Waals surface area contributed by atoms with Gasteiger partial charge in [0.25, 0.3) is 0 Å². The van der Waals surface area contributed by atoms with Crippen molar-refractivity contribution in [1.82, 2.24) is 9.80 Å². The first kappa shape index (κ1) is 18.4. The van der Waals surface area contributed by atoms with E-state index in [-0.39, 0.29) is 5.91 Å². The lowest BCUT2D eigenvalue weighted by molar-refractivity contribution is -0.131. The van der Waals surface area contributed by atoms with Crippen LogP contribution >= 0.6 is 0 Å². The molecule has 0 atom stereocenters. The highest BCUT2D eigenvalue weighted by Crippen LogP contribution is 1.99. The van der Waals surface area contributed by atoms with Crippen LogP contribution in [0, 0.1) is 0 Å². The van der Waals surface area contributed by atoms with E-state index in [0.29, 0.717) is 25.7 Å². The standard InChI is InChI=1S/C15H32N2O2/c1-6-7-8-10-17(5)15(18)9-12-19-13-11-16(4)14(2)3/h14H,6-13H2,1-5H3. The van der Waals surface area contributed by atoms with E-state index in [4.69, 9.17) is 4.74 Å². The van der Waals surface area contributed by atoms with E-state index in [0.717, 1.165) is 19.5 Å². The molecule has 0 radical (unpaired) electrons. The third-order valence-corrected chi connectivity index (χ3v) is 3.45. The summed E-state index contributed by atoms with van der Waals surface area (Å²) in [7, 11) is 3.96. The normalized spacial score (nSPS) is 11.3. The molecule has 0 aromatic rings. The minimum absolute atomic E-state index is 0.188. The van der Waals surface area contributed by atoms with Crippen LogP contribution in [0.5, 0.6) is 0 Å². The molecule has 0 heterocycles. The number of hydrogen-bond acceptors (Lipinski definition) is 3. The highest BCUT2D eigenvalue weighted by Gasteiger charge is 2.08. The van der Waals surface area contributed by atoms with Gasteiger partial charge in [-0.1, -0.05) is 19.8 Å². The van der Waals surface area contributed by atoms with Crippen molar-refractivity contribution >= 4 is 5.91 Å². The maximum Gasteiger partial charge on any atom is 0.224 e. The lowest BCUT2D eigenvalue weighted by atomic mass is 10.2. The van der Waals surface area contributed by atoms with Gasteiger partial charge in [-0.05, 0) is 27.3 Å². The predicted molar refractivity (Wildman–Crippen MR) is 80.4 cm³/mol. The Morgan fingerprint density at radius 1 is 1.11 bits per heavy atom. The van der Waals surface area contributed by atoms with E-state index in [1.165, 1.54) is 12.8 Å². The van der Waals surface area contributed by atoms with Crippen LogP contribution in [0.15, 0.2) is 0 Å². The second-order valence-corrected chi connectivity index (χ2v) is 5.46. The summed E-state index contributed by atoms with van der Waals surface area (Å²) in [5.74, 6) is 0.188. The second-order valence-electron chi connectivity index (χ2n) is 5.46. The van der Waals surface area contributed by atoms with Crippen molar-refractivity contribution in [3.05, 3.63) is 0 Å². The van der Waals surface area contributed by atoms with Crippen LogP contribution in [-0.2, 0) is 9.53 Å². The third-order valence-electron chi connectivity index (χ3n) is 3.45. The van der Waals surface area contributed by atoms with Crippen molar-refractivity contribution in [1.29, 1.82) is 0 Å². The van der Waals surface area contributed by atoms with Crippen LogP contribution in [0.4, 0.5) is 0 Å². The number of carbonyl (C=O) groups is 1.